The molecule has 46 heavy (non-hydrogen) atoms. The Bertz CT molecular complexity index is 1960. The van der Waals surface area contributed by atoms with Crippen molar-refractivity contribution in [1.82, 2.24) is 14.5 Å². The number of benzene rings is 3. The van der Waals surface area contributed by atoms with Crippen LogP contribution in [0.3, 0.4) is 0 Å². The van der Waals surface area contributed by atoms with Gasteiger partial charge in [-0.15, -0.1) is 22.0 Å². The topological polar surface area (TPSA) is 113 Å². The van der Waals surface area contributed by atoms with Gasteiger partial charge in [0.15, 0.2) is 12.3 Å². The SMILES string of the molecule is O=C(COc1ccc(N2C(=O)CSC2c2ccc(Cl)cc2)c2cccnc12)N=Nc1c(O)n(CN2CCCCC2)c2ccccc12. The summed E-state index contributed by atoms with van der Waals surface area (Å²) in [5.74, 6) is 0.0706. The summed E-state index contributed by atoms with van der Waals surface area (Å²) in [5, 5.41) is 21.0. The number of azo groups is 1. The number of halogens is 1. The maximum Gasteiger partial charge on any atom is 0.302 e. The molecule has 0 spiro atoms. The van der Waals surface area contributed by atoms with Crippen LogP contribution in [0.1, 0.15) is 30.2 Å². The molecule has 10 nitrogen and oxygen atoms in total. The molecule has 0 aliphatic carbocycles. The van der Waals surface area contributed by atoms with E-state index in [2.05, 4.69) is 20.1 Å². The molecule has 234 valence electrons. The van der Waals surface area contributed by atoms with E-state index in [1.165, 1.54) is 6.42 Å². The summed E-state index contributed by atoms with van der Waals surface area (Å²) >= 11 is 7.65. The molecule has 0 radical (unpaired) electrons. The molecule has 1 unspecified atom stereocenters. The zero-order valence-electron chi connectivity index (χ0n) is 24.9. The molecule has 2 aromatic heterocycles. The predicted octanol–water partition coefficient (Wildman–Crippen LogP) is 7.46. The quantitative estimate of drug-likeness (QED) is 0.173. The first-order chi connectivity index (χ1) is 22.5. The number of aromatic hydroxyl groups is 1. The van der Waals surface area contributed by atoms with E-state index in [9.17, 15) is 14.7 Å². The fourth-order valence-corrected chi connectivity index (χ4v) is 7.40. The molecule has 3 aromatic carbocycles. The Morgan fingerprint density at radius 2 is 1.78 bits per heavy atom. The van der Waals surface area contributed by atoms with Crippen LogP contribution >= 0.6 is 23.4 Å². The molecule has 5 aromatic rings. The van der Waals surface area contributed by atoms with Gasteiger partial charge in [-0.1, -0.05) is 48.4 Å². The van der Waals surface area contributed by atoms with E-state index in [0.717, 1.165) is 42.4 Å². The number of thioether (sulfide) groups is 1. The monoisotopic (exact) mass is 654 g/mol. The number of carbonyl (C=O) groups is 2. The van der Waals surface area contributed by atoms with Gasteiger partial charge in [0.05, 0.1) is 23.6 Å². The van der Waals surface area contributed by atoms with Crippen molar-refractivity contribution in [3.63, 3.8) is 0 Å². The van der Waals surface area contributed by atoms with E-state index in [1.54, 1.807) is 35.0 Å². The third-order valence-electron chi connectivity index (χ3n) is 8.31. The fraction of sp³-hybridized carbons (Fsp3) is 0.265. The highest BCUT2D eigenvalue weighted by Crippen LogP contribution is 2.45. The molecule has 7 rings (SSSR count). The van der Waals surface area contributed by atoms with E-state index in [4.69, 9.17) is 16.3 Å². The second-order valence-corrected chi connectivity index (χ2v) is 12.8. The lowest BCUT2D eigenvalue weighted by Crippen LogP contribution is -2.31. The average molecular weight is 655 g/mol. The van der Waals surface area contributed by atoms with Crippen molar-refractivity contribution < 1.29 is 19.4 Å². The minimum atomic E-state index is -0.616. The summed E-state index contributed by atoms with van der Waals surface area (Å²) in [4.78, 5) is 34.6. The molecule has 2 aliphatic heterocycles. The Hall–Kier alpha value is -4.45. The van der Waals surface area contributed by atoms with Gasteiger partial charge in [0.2, 0.25) is 11.8 Å². The zero-order chi connectivity index (χ0) is 31.6. The Kier molecular flexibility index (Phi) is 8.61. The number of rotatable bonds is 8. The maximum atomic E-state index is 13.1. The molecule has 12 heteroatoms. The van der Waals surface area contributed by atoms with E-state index in [1.807, 2.05) is 65.2 Å². The highest BCUT2D eigenvalue weighted by Gasteiger charge is 2.35. The summed E-state index contributed by atoms with van der Waals surface area (Å²) in [6, 6.07) is 22.3. The Labute approximate surface area is 274 Å². The number of aromatic nitrogens is 2. The summed E-state index contributed by atoms with van der Waals surface area (Å²) in [6.45, 7) is 2.10. The van der Waals surface area contributed by atoms with Crippen molar-refractivity contribution in [3.05, 3.63) is 89.6 Å². The average Bonchev–Trinajstić information content (AvgIpc) is 3.59. The number of anilines is 1. The lowest BCUT2D eigenvalue weighted by atomic mass is 10.1. The first-order valence-electron chi connectivity index (χ1n) is 15.1. The first-order valence-corrected chi connectivity index (χ1v) is 16.6. The van der Waals surface area contributed by atoms with Crippen LogP contribution in [0.5, 0.6) is 11.6 Å². The number of carbonyl (C=O) groups excluding carboxylic acids is 2. The number of nitrogens with zero attached hydrogens (tertiary/aromatic N) is 6. The largest absolute Gasteiger partial charge is 0.493 e. The van der Waals surface area contributed by atoms with Crippen molar-refractivity contribution in [2.75, 3.05) is 30.3 Å². The summed E-state index contributed by atoms with van der Waals surface area (Å²) in [7, 11) is 0. The molecule has 0 saturated carbocycles. The van der Waals surface area contributed by atoms with Crippen LogP contribution in [-0.4, -0.2) is 56.8 Å². The molecular weight excluding hydrogens is 624 g/mol. The predicted molar refractivity (Wildman–Crippen MR) is 180 cm³/mol. The van der Waals surface area contributed by atoms with Gasteiger partial charge in [-0.3, -0.25) is 28.9 Å². The Morgan fingerprint density at radius 3 is 2.61 bits per heavy atom. The minimum Gasteiger partial charge on any atom is -0.493 e. The Morgan fingerprint density at radius 1 is 1.00 bits per heavy atom. The van der Waals surface area contributed by atoms with Crippen molar-refractivity contribution in [1.29, 1.82) is 0 Å². The van der Waals surface area contributed by atoms with Gasteiger partial charge >= 0.3 is 5.91 Å². The maximum absolute atomic E-state index is 13.1. The zero-order valence-corrected chi connectivity index (χ0v) is 26.5. The molecule has 2 amide bonds. The molecule has 1 atom stereocenters. The number of piperidine rings is 1. The van der Waals surface area contributed by atoms with Gasteiger partial charge in [-0.05, 0) is 74.0 Å². The van der Waals surface area contributed by atoms with E-state index >= 15 is 0 Å². The molecule has 2 aliphatic rings. The van der Waals surface area contributed by atoms with Crippen LogP contribution in [0, 0.1) is 0 Å². The van der Waals surface area contributed by atoms with Crippen molar-refractivity contribution >= 4 is 68.4 Å². The Balaban J connectivity index is 1.10. The molecule has 0 bridgehead atoms. The third-order valence-corrected chi connectivity index (χ3v) is 9.78. The number of amides is 2. The number of para-hydroxylation sites is 1. The highest BCUT2D eigenvalue weighted by atomic mass is 35.5. The number of ether oxygens (including phenoxy) is 1. The fourth-order valence-electron chi connectivity index (χ4n) is 6.11. The smallest absolute Gasteiger partial charge is 0.302 e. The van der Waals surface area contributed by atoms with E-state index in [-0.39, 0.29) is 29.5 Å². The van der Waals surface area contributed by atoms with Crippen molar-refractivity contribution in [2.45, 2.75) is 31.3 Å². The van der Waals surface area contributed by atoms with Gasteiger partial charge in [0.25, 0.3) is 0 Å². The van der Waals surface area contributed by atoms with E-state index < -0.39 is 5.91 Å². The van der Waals surface area contributed by atoms with Gasteiger partial charge < -0.3 is 9.84 Å². The standard InChI is InChI=1S/C34H31ClN6O4S/c35-23-12-10-22(11-13-23)34-41(30(43)20-46-34)27-14-15-28(31-25(27)8-6-16-36-31)45-19-29(42)37-38-32-24-7-2-3-9-26(24)40(33(32)44)21-39-17-4-1-5-18-39/h2-3,6-16,34,44H,1,4-5,17-21H2. The number of fused-ring (bicyclic) bond motifs is 2. The van der Waals surface area contributed by atoms with Crippen LogP contribution in [0.25, 0.3) is 21.8 Å². The number of hydrogen-bond acceptors (Lipinski definition) is 8. The minimum absolute atomic E-state index is 0.0140. The van der Waals surface area contributed by atoms with Gasteiger partial charge in [0, 0.05) is 22.0 Å². The number of hydrogen-bond donors (Lipinski definition) is 1. The summed E-state index contributed by atoms with van der Waals surface area (Å²) < 4.78 is 7.71. The molecule has 4 heterocycles. The van der Waals surface area contributed by atoms with E-state index in [0.29, 0.717) is 39.8 Å². The molecular formula is C34H31ClN6O4S. The molecule has 2 saturated heterocycles. The normalized spacial score (nSPS) is 17.5. The van der Waals surface area contributed by atoms with Crippen LogP contribution in [-0.2, 0) is 16.3 Å². The van der Waals surface area contributed by atoms with Gasteiger partial charge in [0.1, 0.15) is 16.6 Å². The highest BCUT2D eigenvalue weighted by molar-refractivity contribution is 8.00. The molecule has 2 fully saturated rings. The second kappa shape index (κ2) is 13.1. The lowest BCUT2D eigenvalue weighted by molar-refractivity contribution is -0.120. The van der Waals surface area contributed by atoms with Crippen molar-refractivity contribution in [2.24, 2.45) is 10.2 Å². The van der Waals surface area contributed by atoms with Crippen LogP contribution in [0.2, 0.25) is 5.02 Å². The summed E-state index contributed by atoms with van der Waals surface area (Å²) in [6.07, 6.45) is 5.12. The van der Waals surface area contributed by atoms with Gasteiger partial charge in [-0.2, -0.15) is 0 Å². The first kappa shape index (κ1) is 30.2. The lowest BCUT2D eigenvalue weighted by Gasteiger charge is -2.27. The molecule has 1 N–H and O–H groups in total. The van der Waals surface area contributed by atoms with Gasteiger partial charge in [-0.25, -0.2) is 0 Å². The van der Waals surface area contributed by atoms with Crippen LogP contribution in [0.15, 0.2) is 89.2 Å². The summed E-state index contributed by atoms with van der Waals surface area (Å²) in [5.41, 5.74) is 3.26. The van der Waals surface area contributed by atoms with Crippen molar-refractivity contribution in [3.8, 4) is 11.6 Å². The number of pyridine rings is 1. The second-order valence-electron chi connectivity index (χ2n) is 11.3. The third kappa shape index (κ3) is 5.93. The van der Waals surface area contributed by atoms with Crippen LogP contribution in [0.4, 0.5) is 11.4 Å². The van der Waals surface area contributed by atoms with Crippen LogP contribution < -0.4 is 9.64 Å². The number of likely N-dealkylation sites (tertiary alicyclic amines) is 1.